The molecule has 0 aromatic heterocycles. The van der Waals surface area contributed by atoms with Crippen LogP contribution in [0.4, 0.5) is 0 Å². The summed E-state index contributed by atoms with van der Waals surface area (Å²) in [5.41, 5.74) is 0.886. The lowest BCUT2D eigenvalue weighted by atomic mass is 9.68. The van der Waals surface area contributed by atoms with Crippen LogP contribution in [0.3, 0.4) is 0 Å². The predicted octanol–water partition coefficient (Wildman–Crippen LogP) is 2.97. The SMILES string of the molecule is CN(CCC(=O)O)C(=O)C1(Cc2ccccc2)CC2CCC1C2. The van der Waals surface area contributed by atoms with Crippen LogP contribution < -0.4 is 0 Å². The standard InChI is InChI=1S/C19H25NO3/c1-20(10-9-17(21)22)18(23)19(12-14-5-3-2-4-6-14)13-15-7-8-16(19)11-15/h2-6,15-16H,7-13H2,1H3,(H,21,22). The van der Waals surface area contributed by atoms with Crippen LogP contribution in [0.5, 0.6) is 0 Å². The zero-order valence-corrected chi connectivity index (χ0v) is 13.7. The summed E-state index contributed by atoms with van der Waals surface area (Å²) in [5, 5.41) is 8.88. The molecule has 0 aliphatic heterocycles. The van der Waals surface area contributed by atoms with Crippen LogP contribution in [-0.4, -0.2) is 35.5 Å². The molecule has 1 aromatic carbocycles. The molecule has 1 amide bonds. The Bertz CT molecular complexity index is 586. The second-order valence-corrected chi connectivity index (χ2v) is 7.27. The van der Waals surface area contributed by atoms with Gasteiger partial charge in [-0.25, -0.2) is 0 Å². The van der Waals surface area contributed by atoms with Gasteiger partial charge in [0.2, 0.25) is 5.91 Å². The number of carboxylic acids is 1. The van der Waals surface area contributed by atoms with E-state index >= 15 is 0 Å². The topological polar surface area (TPSA) is 57.6 Å². The van der Waals surface area contributed by atoms with Crippen LogP contribution in [-0.2, 0) is 16.0 Å². The number of carboxylic acid groups (broad SMARTS) is 1. The molecule has 2 aliphatic rings. The van der Waals surface area contributed by atoms with E-state index < -0.39 is 5.97 Å². The first-order valence-electron chi connectivity index (χ1n) is 8.52. The van der Waals surface area contributed by atoms with Gasteiger partial charge < -0.3 is 10.0 Å². The lowest BCUT2D eigenvalue weighted by molar-refractivity contribution is -0.145. The van der Waals surface area contributed by atoms with Crippen molar-refractivity contribution in [1.82, 2.24) is 4.90 Å². The zero-order chi connectivity index (χ0) is 16.4. The summed E-state index contributed by atoms with van der Waals surface area (Å²) in [6.45, 7) is 0.294. The molecule has 23 heavy (non-hydrogen) atoms. The molecule has 3 atom stereocenters. The fourth-order valence-corrected chi connectivity index (χ4v) is 4.70. The summed E-state index contributed by atoms with van der Waals surface area (Å²) in [7, 11) is 1.75. The van der Waals surface area contributed by atoms with E-state index in [0.29, 0.717) is 18.4 Å². The van der Waals surface area contributed by atoms with E-state index in [9.17, 15) is 9.59 Å². The Morgan fingerprint density at radius 1 is 1.26 bits per heavy atom. The van der Waals surface area contributed by atoms with E-state index in [4.69, 9.17) is 5.11 Å². The highest BCUT2D eigenvalue weighted by molar-refractivity contribution is 5.84. The van der Waals surface area contributed by atoms with Crippen molar-refractivity contribution in [3.05, 3.63) is 35.9 Å². The smallest absolute Gasteiger partial charge is 0.305 e. The van der Waals surface area contributed by atoms with E-state index in [1.165, 1.54) is 12.0 Å². The minimum Gasteiger partial charge on any atom is -0.481 e. The molecule has 4 heteroatoms. The van der Waals surface area contributed by atoms with Crippen molar-refractivity contribution in [2.75, 3.05) is 13.6 Å². The third kappa shape index (κ3) is 3.12. The highest BCUT2D eigenvalue weighted by Crippen LogP contribution is 2.58. The highest BCUT2D eigenvalue weighted by atomic mass is 16.4. The maximum absolute atomic E-state index is 13.2. The minimum atomic E-state index is -0.852. The van der Waals surface area contributed by atoms with Gasteiger partial charge in [0.1, 0.15) is 0 Å². The van der Waals surface area contributed by atoms with Gasteiger partial charge in [0, 0.05) is 13.6 Å². The van der Waals surface area contributed by atoms with Crippen LogP contribution in [0.2, 0.25) is 0 Å². The number of carbonyl (C=O) groups excluding carboxylic acids is 1. The second kappa shape index (κ2) is 6.34. The minimum absolute atomic E-state index is 0.0117. The summed E-state index contributed by atoms with van der Waals surface area (Å²) >= 11 is 0. The quantitative estimate of drug-likeness (QED) is 0.878. The van der Waals surface area contributed by atoms with Gasteiger partial charge in [0.15, 0.2) is 0 Å². The Kier molecular flexibility index (Phi) is 4.42. The number of hydrogen-bond acceptors (Lipinski definition) is 2. The van der Waals surface area contributed by atoms with Crippen LogP contribution in [0.15, 0.2) is 30.3 Å². The molecule has 124 valence electrons. The lowest BCUT2D eigenvalue weighted by Crippen LogP contribution is -2.47. The Hall–Kier alpha value is -1.84. The predicted molar refractivity (Wildman–Crippen MR) is 87.9 cm³/mol. The average Bonchev–Trinajstić information content (AvgIpc) is 3.14. The van der Waals surface area contributed by atoms with Crippen molar-refractivity contribution in [3.8, 4) is 0 Å². The molecule has 0 radical (unpaired) electrons. The van der Waals surface area contributed by atoms with Crippen LogP contribution >= 0.6 is 0 Å². The van der Waals surface area contributed by atoms with Crippen molar-refractivity contribution in [2.45, 2.75) is 38.5 Å². The van der Waals surface area contributed by atoms with E-state index in [-0.39, 0.29) is 17.7 Å². The lowest BCUT2D eigenvalue weighted by Gasteiger charge is -2.39. The fourth-order valence-electron chi connectivity index (χ4n) is 4.70. The molecule has 2 aliphatic carbocycles. The number of rotatable bonds is 6. The molecule has 1 aromatic rings. The first-order chi connectivity index (χ1) is 11.0. The number of amides is 1. The number of carbonyl (C=O) groups is 2. The number of nitrogens with zero attached hydrogens (tertiary/aromatic N) is 1. The molecule has 3 unspecified atom stereocenters. The Balaban J connectivity index is 1.81. The Morgan fingerprint density at radius 2 is 2.00 bits per heavy atom. The fraction of sp³-hybridized carbons (Fsp3) is 0.579. The molecule has 3 rings (SSSR count). The van der Waals surface area contributed by atoms with Gasteiger partial charge in [0.05, 0.1) is 11.8 Å². The molecule has 4 nitrogen and oxygen atoms in total. The van der Waals surface area contributed by atoms with Crippen molar-refractivity contribution in [3.63, 3.8) is 0 Å². The van der Waals surface area contributed by atoms with E-state index in [1.54, 1.807) is 11.9 Å². The number of aliphatic carboxylic acids is 1. The van der Waals surface area contributed by atoms with Crippen molar-refractivity contribution < 1.29 is 14.7 Å². The summed E-state index contributed by atoms with van der Waals surface area (Å²) in [5.74, 6) is 0.414. The van der Waals surface area contributed by atoms with E-state index in [1.807, 2.05) is 18.2 Å². The van der Waals surface area contributed by atoms with Crippen LogP contribution in [0.25, 0.3) is 0 Å². The Morgan fingerprint density at radius 3 is 2.57 bits per heavy atom. The molecule has 2 saturated carbocycles. The third-order valence-electron chi connectivity index (χ3n) is 5.77. The normalized spacial score (nSPS) is 28.7. The van der Waals surface area contributed by atoms with Gasteiger partial charge in [-0.2, -0.15) is 0 Å². The second-order valence-electron chi connectivity index (χ2n) is 7.27. The van der Waals surface area contributed by atoms with Crippen LogP contribution in [0, 0.1) is 17.3 Å². The monoisotopic (exact) mass is 315 g/mol. The van der Waals surface area contributed by atoms with Crippen molar-refractivity contribution in [2.24, 2.45) is 17.3 Å². The van der Waals surface area contributed by atoms with Gasteiger partial charge >= 0.3 is 5.97 Å². The van der Waals surface area contributed by atoms with Crippen molar-refractivity contribution >= 4 is 11.9 Å². The van der Waals surface area contributed by atoms with Gasteiger partial charge in [-0.05, 0) is 43.1 Å². The van der Waals surface area contributed by atoms with Crippen molar-refractivity contribution in [1.29, 1.82) is 0 Å². The third-order valence-corrected chi connectivity index (χ3v) is 5.77. The largest absolute Gasteiger partial charge is 0.481 e. The molecule has 0 saturated heterocycles. The number of benzene rings is 1. The van der Waals surface area contributed by atoms with E-state index in [2.05, 4.69) is 12.1 Å². The number of fused-ring (bicyclic) bond motifs is 2. The molecule has 2 bridgehead atoms. The zero-order valence-electron chi connectivity index (χ0n) is 13.7. The Labute approximate surface area is 137 Å². The van der Waals surface area contributed by atoms with Crippen LogP contribution in [0.1, 0.15) is 37.7 Å². The van der Waals surface area contributed by atoms with Gasteiger partial charge in [-0.15, -0.1) is 0 Å². The van der Waals surface area contributed by atoms with E-state index in [0.717, 1.165) is 25.7 Å². The summed E-state index contributed by atoms with van der Waals surface area (Å²) in [6.07, 6.45) is 5.29. The molecule has 1 N–H and O–H groups in total. The summed E-state index contributed by atoms with van der Waals surface area (Å²) in [4.78, 5) is 25.7. The first-order valence-corrected chi connectivity index (χ1v) is 8.52. The molecule has 0 spiro atoms. The molecular weight excluding hydrogens is 290 g/mol. The highest BCUT2D eigenvalue weighted by Gasteiger charge is 2.55. The first kappa shape index (κ1) is 16.0. The number of hydrogen-bond donors (Lipinski definition) is 1. The van der Waals surface area contributed by atoms with Gasteiger partial charge in [0.25, 0.3) is 0 Å². The average molecular weight is 315 g/mol. The maximum atomic E-state index is 13.2. The summed E-state index contributed by atoms with van der Waals surface area (Å²) in [6, 6.07) is 10.2. The maximum Gasteiger partial charge on any atom is 0.305 e. The van der Waals surface area contributed by atoms with Gasteiger partial charge in [-0.3, -0.25) is 9.59 Å². The summed E-state index contributed by atoms with van der Waals surface area (Å²) < 4.78 is 0. The molecule has 0 heterocycles. The van der Waals surface area contributed by atoms with Gasteiger partial charge in [-0.1, -0.05) is 36.8 Å². The molecular formula is C19H25NO3. The molecule has 2 fully saturated rings.